The number of carbonyl (C=O) groups is 2. The molecule has 0 aliphatic rings. The molecule has 178 valence electrons. The normalized spacial score (nSPS) is 11.7. The van der Waals surface area contributed by atoms with Crippen LogP contribution in [0.3, 0.4) is 0 Å². The quantitative estimate of drug-likeness (QED) is 0.295. The molecule has 0 atom stereocenters. The van der Waals surface area contributed by atoms with Gasteiger partial charge in [0.05, 0.1) is 11.1 Å². The van der Waals surface area contributed by atoms with Crippen LogP contribution >= 0.6 is 0 Å². The Kier molecular flexibility index (Phi) is 6.44. The monoisotopic (exact) mass is 482 g/mol. The summed E-state index contributed by atoms with van der Waals surface area (Å²) >= 11 is 0. The Balaban J connectivity index is 1.77. The van der Waals surface area contributed by atoms with Crippen molar-refractivity contribution in [2.24, 2.45) is 0 Å². The third-order valence-electron chi connectivity index (χ3n) is 4.62. The summed E-state index contributed by atoms with van der Waals surface area (Å²) in [5.41, 5.74) is 6.85. The molecule has 3 aromatic carbocycles. The number of rotatable bonds is 4. The molecule has 0 saturated carbocycles. The third kappa shape index (κ3) is 5.57. The number of hydrogen-bond donors (Lipinski definition) is 4. The topological polar surface area (TPSA) is 110 Å². The molecule has 12 heteroatoms. The number of nitrogen functional groups attached to an aromatic ring is 2. The highest BCUT2D eigenvalue weighted by molar-refractivity contribution is 6.06. The van der Waals surface area contributed by atoms with Gasteiger partial charge in [0.25, 0.3) is 11.8 Å². The van der Waals surface area contributed by atoms with Gasteiger partial charge >= 0.3 is 12.4 Å². The number of carbonyl (C=O) groups excluding carboxylic acids is 2. The van der Waals surface area contributed by atoms with E-state index in [2.05, 4.69) is 10.6 Å². The summed E-state index contributed by atoms with van der Waals surface area (Å²) in [6.45, 7) is 0. The Labute approximate surface area is 188 Å². The first-order valence-electron chi connectivity index (χ1n) is 9.42. The van der Waals surface area contributed by atoms with Crippen molar-refractivity contribution < 1.29 is 35.9 Å². The highest BCUT2D eigenvalue weighted by Gasteiger charge is 2.34. The summed E-state index contributed by atoms with van der Waals surface area (Å²) < 4.78 is 78.1. The maximum atomic E-state index is 13.0. The molecular formula is C22H16F6N4O2. The van der Waals surface area contributed by atoms with Crippen LogP contribution in [-0.2, 0) is 12.4 Å². The Hall–Kier alpha value is -4.22. The summed E-state index contributed by atoms with van der Waals surface area (Å²) in [5, 5.41) is 4.77. The van der Waals surface area contributed by atoms with Crippen LogP contribution in [0.25, 0.3) is 0 Å². The molecule has 0 saturated heterocycles. The van der Waals surface area contributed by atoms with Crippen LogP contribution in [-0.4, -0.2) is 11.8 Å². The maximum Gasteiger partial charge on any atom is 0.418 e. The summed E-state index contributed by atoms with van der Waals surface area (Å²) in [6.07, 6.45) is -9.50. The van der Waals surface area contributed by atoms with E-state index in [-0.39, 0.29) is 22.5 Å². The molecule has 6 nitrogen and oxygen atoms in total. The smallest absolute Gasteiger partial charge is 0.398 e. The van der Waals surface area contributed by atoms with Crippen LogP contribution in [0.5, 0.6) is 0 Å². The van der Waals surface area contributed by atoms with Crippen LogP contribution in [0.15, 0.2) is 60.7 Å². The number of hydrogen-bond acceptors (Lipinski definition) is 4. The van der Waals surface area contributed by atoms with Gasteiger partial charge in [0, 0.05) is 33.9 Å². The number of halogens is 6. The second kappa shape index (κ2) is 8.96. The van der Waals surface area contributed by atoms with E-state index in [1.165, 1.54) is 24.3 Å². The van der Waals surface area contributed by atoms with Gasteiger partial charge in [-0.05, 0) is 54.6 Å². The van der Waals surface area contributed by atoms with Crippen molar-refractivity contribution in [1.82, 2.24) is 0 Å². The number of anilines is 4. The lowest BCUT2D eigenvalue weighted by Gasteiger charge is -2.13. The fourth-order valence-electron chi connectivity index (χ4n) is 2.97. The lowest BCUT2D eigenvalue weighted by Crippen LogP contribution is -2.16. The van der Waals surface area contributed by atoms with E-state index in [9.17, 15) is 35.9 Å². The molecule has 0 aliphatic carbocycles. The average molecular weight is 482 g/mol. The minimum Gasteiger partial charge on any atom is -0.398 e. The van der Waals surface area contributed by atoms with E-state index in [0.717, 1.165) is 24.3 Å². The number of amides is 2. The SMILES string of the molecule is Nc1ccc(C(=O)Nc2cccc(NC(=O)c3ccc(N)c(C(F)(F)F)c3)c2)cc1C(F)(F)F. The molecular weight excluding hydrogens is 466 g/mol. The summed E-state index contributed by atoms with van der Waals surface area (Å²) in [6, 6.07) is 10.9. The molecule has 3 rings (SSSR count). The van der Waals surface area contributed by atoms with Gasteiger partial charge in [-0.3, -0.25) is 9.59 Å². The highest BCUT2D eigenvalue weighted by atomic mass is 19.4. The number of alkyl halides is 6. The summed E-state index contributed by atoms with van der Waals surface area (Å²) in [7, 11) is 0. The predicted molar refractivity (Wildman–Crippen MR) is 114 cm³/mol. The zero-order chi connectivity index (χ0) is 25.3. The Morgan fingerprint density at radius 2 is 1.00 bits per heavy atom. The number of nitrogens with two attached hydrogens (primary N) is 2. The molecule has 34 heavy (non-hydrogen) atoms. The van der Waals surface area contributed by atoms with Crippen LogP contribution in [0.4, 0.5) is 49.1 Å². The summed E-state index contributed by atoms with van der Waals surface area (Å²) in [5.74, 6) is -1.75. The van der Waals surface area contributed by atoms with E-state index in [1.807, 2.05) is 0 Å². The Morgan fingerprint density at radius 1 is 0.618 bits per heavy atom. The first-order valence-corrected chi connectivity index (χ1v) is 9.42. The fourth-order valence-corrected chi connectivity index (χ4v) is 2.97. The molecule has 0 radical (unpaired) electrons. The zero-order valence-corrected chi connectivity index (χ0v) is 17.0. The van der Waals surface area contributed by atoms with Crippen LogP contribution in [0.1, 0.15) is 31.8 Å². The van der Waals surface area contributed by atoms with Crippen molar-refractivity contribution in [1.29, 1.82) is 0 Å². The van der Waals surface area contributed by atoms with E-state index in [4.69, 9.17) is 11.5 Å². The zero-order valence-electron chi connectivity index (χ0n) is 17.0. The second-order valence-corrected chi connectivity index (χ2v) is 7.09. The van der Waals surface area contributed by atoms with Gasteiger partial charge in [-0.15, -0.1) is 0 Å². The highest BCUT2D eigenvalue weighted by Crippen LogP contribution is 2.35. The van der Waals surface area contributed by atoms with Gasteiger partial charge < -0.3 is 22.1 Å². The lowest BCUT2D eigenvalue weighted by atomic mass is 10.1. The van der Waals surface area contributed by atoms with E-state index >= 15 is 0 Å². The van der Waals surface area contributed by atoms with Crippen molar-refractivity contribution in [3.05, 3.63) is 82.9 Å². The molecule has 0 unspecified atom stereocenters. The molecule has 0 bridgehead atoms. The molecule has 0 fully saturated rings. The Bertz CT molecular complexity index is 1160. The third-order valence-corrected chi connectivity index (χ3v) is 4.62. The first-order chi connectivity index (χ1) is 15.8. The molecule has 0 spiro atoms. The lowest BCUT2D eigenvalue weighted by molar-refractivity contribution is -0.137. The predicted octanol–water partition coefficient (Wildman–Crippen LogP) is 5.39. The van der Waals surface area contributed by atoms with E-state index in [1.54, 1.807) is 0 Å². The average Bonchev–Trinajstić information content (AvgIpc) is 2.72. The van der Waals surface area contributed by atoms with Crippen molar-refractivity contribution in [3.8, 4) is 0 Å². The van der Waals surface area contributed by atoms with Crippen molar-refractivity contribution >= 4 is 34.6 Å². The number of nitrogens with one attached hydrogen (secondary N) is 2. The van der Waals surface area contributed by atoms with Gasteiger partial charge in [0.2, 0.25) is 0 Å². The van der Waals surface area contributed by atoms with Gasteiger partial charge in [0.1, 0.15) is 0 Å². The van der Waals surface area contributed by atoms with Gasteiger partial charge in [-0.1, -0.05) is 6.07 Å². The molecule has 3 aromatic rings. The number of benzene rings is 3. The molecule has 6 N–H and O–H groups in total. The van der Waals surface area contributed by atoms with Crippen molar-refractivity contribution in [3.63, 3.8) is 0 Å². The molecule has 0 aliphatic heterocycles. The van der Waals surface area contributed by atoms with Gasteiger partial charge in [0.15, 0.2) is 0 Å². The van der Waals surface area contributed by atoms with E-state index in [0.29, 0.717) is 12.1 Å². The second-order valence-electron chi connectivity index (χ2n) is 7.09. The minimum atomic E-state index is -4.75. The first kappa shape index (κ1) is 24.4. The summed E-state index contributed by atoms with van der Waals surface area (Å²) in [4.78, 5) is 24.8. The fraction of sp³-hybridized carbons (Fsp3) is 0.0909. The van der Waals surface area contributed by atoms with Crippen LogP contribution < -0.4 is 22.1 Å². The van der Waals surface area contributed by atoms with Crippen molar-refractivity contribution in [2.45, 2.75) is 12.4 Å². The van der Waals surface area contributed by atoms with Crippen LogP contribution in [0, 0.1) is 0 Å². The van der Waals surface area contributed by atoms with E-state index < -0.39 is 46.7 Å². The van der Waals surface area contributed by atoms with Crippen LogP contribution in [0.2, 0.25) is 0 Å². The van der Waals surface area contributed by atoms with Gasteiger partial charge in [-0.2, -0.15) is 26.3 Å². The Morgan fingerprint density at radius 3 is 1.35 bits per heavy atom. The standard InChI is InChI=1S/C22H16F6N4O2/c23-21(24,25)15-8-11(4-6-17(15)29)19(33)31-13-2-1-3-14(10-13)32-20(34)12-5-7-18(30)16(9-12)22(26,27)28/h1-10H,29-30H2,(H,31,33)(H,32,34). The molecule has 0 heterocycles. The minimum absolute atomic E-state index is 0.112. The molecule has 2 amide bonds. The van der Waals surface area contributed by atoms with Crippen molar-refractivity contribution in [2.75, 3.05) is 22.1 Å². The van der Waals surface area contributed by atoms with Gasteiger partial charge in [-0.25, -0.2) is 0 Å². The molecule has 0 aromatic heterocycles. The largest absolute Gasteiger partial charge is 0.418 e. The maximum absolute atomic E-state index is 13.0.